The highest BCUT2D eigenvalue weighted by atomic mass is 35.5. The Balaban J connectivity index is 1.50. The molecule has 0 radical (unpaired) electrons. The van der Waals surface area contributed by atoms with E-state index in [0.717, 1.165) is 6.33 Å². The minimum Gasteiger partial charge on any atom is -0.323 e. The van der Waals surface area contributed by atoms with Gasteiger partial charge < -0.3 is 4.74 Å². The van der Waals surface area contributed by atoms with Gasteiger partial charge in [-0.2, -0.15) is 27.3 Å². The van der Waals surface area contributed by atoms with E-state index < -0.39 is 25.0 Å². The van der Waals surface area contributed by atoms with Gasteiger partial charge in [-0.1, -0.05) is 17.7 Å². The zero-order chi connectivity index (χ0) is 27.5. The number of rotatable bonds is 10. The van der Waals surface area contributed by atoms with Crippen LogP contribution in [0.2, 0.25) is 5.02 Å². The number of ether oxygens (including phenoxy) is 1. The third-order valence-electron chi connectivity index (χ3n) is 5.81. The summed E-state index contributed by atoms with van der Waals surface area (Å²) in [5, 5.41) is 15.1. The Morgan fingerprint density at radius 1 is 0.974 bits per heavy atom. The number of alkyl halides is 4. The van der Waals surface area contributed by atoms with Crippen molar-refractivity contribution < 1.29 is 26.7 Å². The first-order valence-corrected chi connectivity index (χ1v) is 11.6. The number of tetrazole rings is 1. The van der Waals surface area contributed by atoms with Gasteiger partial charge in [0.25, 0.3) is 0 Å². The van der Waals surface area contributed by atoms with Crippen LogP contribution in [0.5, 0.6) is 0 Å². The Kier molecular flexibility index (Phi) is 7.60. The van der Waals surface area contributed by atoms with E-state index in [2.05, 4.69) is 35.3 Å². The van der Waals surface area contributed by atoms with Gasteiger partial charge in [0.15, 0.2) is 5.82 Å². The average Bonchev–Trinajstić information content (AvgIpc) is 3.70. The lowest BCUT2D eigenvalue weighted by atomic mass is 10.0. The van der Waals surface area contributed by atoms with Crippen LogP contribution < -0.4 is 0 Å². The quantitative estimate of drug-likeness (QED) is 0.215. The molecule has 5 aromatic rings. The zero-order valence-electron chi connectivity index (χ0n) is 19.6. The molecule has 0 aliphatic rings. The fourth-order valence-corrected chi connectivity index (χ4v) is 4.19. The molecule has 0 spiro atoms. The molecule has 4 aromatic heterocycles. The molecule has 0 saturated carbocycles. The summed E-state index contributed by atoms with van der Waals surface area (Å²) >= 11 is 6.02. The number of pyridine rings is 1. The maximum absolute atomic E-state index is 15.1. The number of hydrogen-bond acceptors (Lipinski definition) is 7. The number of hydrogen-bond donors (Lipinski definition) is 0. The number of nitrogens with zero attached hydrogens (tertiary/aromatic N) is 9. The highest BCUT2D eigenvalue weighted by molar-refractivity contribution is 6.31. The van der Waals surface area contributed by atoms with Gasteiger partial charge in [0.2, 0.25) is 0 Å². The van der Waals surface area contributed by atoms with Gasteiger partial charge in [0, 0.05) is 29.1 Å². The molecular formula is C23H17ClF5N9O. The first kappa shape index (κ1) is 26.4. The van der Waals surface area contributed by atoms with Crippen molar-refractivity contribution in [3.63, 3.8) is 0 Å². The molecule has 10 nitrogen and oxygen atoms in total. The molecule has 0 aliphatic heterocycles. The van der Waals surface area contributed by atoms with Gasteiger partial charge in [0.05, 0.1) is 53.5 Å². The van der Waals surface area contributed by atoms with E-state index in [1.54, 1.807) is 18.2 Å². The standard InChI is InChI=1S/C23H17ClF5N9O/c24-15-2-4-18(38-12-32-34-35-38)20(21(15)25)13-1-3-16(31-7-13)17(5-6-39-23(28)29)37-10-14(8-33-37)19-9-30-11-36(19)22(26)27/h1-4,7-12,17,22-23H,5-6H2. The van der Waals surface area contributed by atoms with Crippen molar-refractivity contribution in [1.82, 2.24) is 44.5 Å². The van der Waals surface area contributed by atoms with E-state index in [-0.39, 0.29) is 29.3 Å². The van der Waals surface area contributed by atoms with Crippen molar-refractivity contribution in [1.29, 1.82) is 0 Å². The third-order valence-corrected chi connectivity index (χ3v) is 6.11. The van der Waals surface area contributed by atoms with Gasteiger partial charge in [-0.15, -0.1) is 5.10 Å². The molecule has 1 unspecified atom stereocenters. The number of imidazole rings is 1. The van der Waals surface area contributed by atoms with Crippen LogP contribution in [0.4, 0.5) is 22.0 Å². The fourth-order valence-electron chi connectivity index (χ4n) is 4.04. The topological polar surface area (TPSA) is 101 Å². The van der Waals surface area contributed by atoms with Gasteiger partial charge in [0.1, 0.15) is 6.33 Å². The minimum atomic E-state index is -2.98. The van der Waals surface area contributed by atoms with E-state index in [1.807, 2.05) is 0 Å². The summed E-state index contributed by atoms with van der Waals surface area (Å²) in [6, 6.07) is 5.33. The molecule has 0 aliphatic carbocycles. The second kappa shape index (κ2) is 11.2. The Bertz CT molecular complexity index is 1540. The largest absolute Gasteiger partial charge is 0.345 e. The number of benzene rings is 1. The van der Waals surface area contributed by atoms with Crippen molar-refractivity contribution >= 4 is 11.6 Å². The molecule has 202 valence electrons. The van der Waals surface area contributed by atoms with Crippen LogP contribution in [0.3, 0.4) is 0 Å². The average molecular weight is 566 g/mol. The van der Waals surface area contributed by atoms with Gasteiger partial charge in [-0.25, -0.2) is 9.37 Å². The summed E-state index contributed by atoms with van der Waals surface area (Å²) in [4.78, 5) is 8.18. The van der Waals surface area contributed by atoms with Crippen LogP contribution >= 0.6 is 11.6 Å². The minimum absolute atomic E-state index is 0.0211. The lowest BCUT2D eigenvalue weighted by Crippen LogP contribution is -2.16. The van der Waals surface area contributed by atoms with Crippen LogP contribution in [0, 0.1) is 5.82 Å². The van der Waals surface area contributed by atoms with Crippen LogP contribution in [-0.2, 0) is 4.74 Å². The normalized spacial score (nSPS) is 12.5. The second-order valence-corrected chi connectivity index (χ2v) is 8.50. The Morgan fingerprint density at radius 2 is 1.82 bits per heavy atom. The van der Waals surface area contributed by atoms with Crippen LogP contribution in [0.15, 0.2) is 61.7 Å². The molecule has 1 atom stereocenters. The van der Waals surface area contributed by atoms with Gasteiger partial charge in [-0.3, -0.25) is 14.2 Å². The lowest BCUT2D eigenvalue weighted by molar-refractivity contribution is -0.130. The molecule has 5 rings (SSSR count). The lowest BCUT2D eigenvalue weighted by Gasteiger charge is -2.18. The summed E-state index contributed by atoms with van der Waals surface area (Å²) in [5.74, 6) is -0.714. The number of halogens is 6. The highest BCUT2D eigenvalue weighted by Gasteiger charge is 2.22. The van der Waals surface area contributed by atoms with Crippen molar-refractivity contribution in [2.75, 3.05) is 6.61 Å². The Morgan fingerprint density at radius 3 is 2.51 bits per heavy atom. The SMILES string of the molecule is Fc1c(Cl)ccc(-n2cnnn2)c1-c1ccc(C(CCOC(F)F)n2cc(-c3cncn3C(F)F)cn2)nc1. The summed E-state index contributed by atoms with van der Waals surface area (Å²) in [5.41, 5.74) is 1.57. The first-order chi connectivity index (χ1) is 18.8. The fraction of sp³-hybridized carbons (Fsp3) is 0.217. The van der Waals surface area contributed by atoms with Crippen LogP contribution in [0.1, 0.15) is 24.7 Å². The Hall–Kier alpha value is -4.24. The monoisotopic (exact) mass is 565 g/mol. The molecule has 0 saturated heterocycles. The second-order valence-electron chi connectivity index (χ2n) is 8.09. The van der Waals surface area contributed by atoms with Crippen molar-refractivity contribution in [2.45, 2.75) is 25.6 Å². The van der Waals surface area contributed by atoms with Crippen molar-refractivity contribution in [3.05, 3.63) is 78.2 Å². The third kappa shape index (κ3) is 5.49. The highest BCUT2D eigenvalue weighted by Crippen LogP contribution is 2.34. The van der Waals surface area contributed by atoms with E-state index in [1.165, 1.54) is 46.5 Å². The number of aromatic nitrogens is 9. The van der Waals surface area contributed by atoms with Crippen LogP contribution in [0.25, 0.3) is 28.1 Å². The molecule has 16 heteroatoms. The molecule has 1 aromatic carbocycles. The van der Waals surface area contributed by atoms with E-state index in [0.29, 0.717) is 27.1 Å². The summed E-state index contributed by atoms with van der Waals surface area (Å²) in [7, 11) is 0. The molecule has 0 N–H and O–H groups in total. The predicted octanol–water partition coefficient (Wildman–Crippen LogP) is 5.19. The Labute approximate surface area is 221 Å². The van der Waals surface area contributed by atoms with E-state index in [9.17, 15) is 17.6 Å². The van der Waals surface area contributed by atoms with Crippen molar-refractivity contribution in [3.8, 4) is 28.1 Å². The van der Waals surface area contributed by atoms with Gasteiger partial charge >= 0.3 is 13.2 Å². The maximum atomic E-state index is 15.1. The molecule has 0 amide bonds. The molecular weight excluding hydrogens is 549 g/mol. The predicted molar refractivity (Wildman–Crippen MR) is 127 cm³/mol. The molecule has 4 heterocycles. The first-order valence-electron chi connectivity index (χ1n) is 11.3. The molecule has 0 fully saturated rings. The maximum Gasteiger partial charge on any atom is 0.345 e. The zero-order valence-corrected chi connectivity index (χ0v) is 20.4. The van der Waals surface area contributed by atoms with Crippen molar-refractivity contribution in [2.24, 2.45) is 0 Å². The van der Waals surface area contributed by atoms with Gasteiger partial charge in [-0.05, 0) is 35.0 Å². The van der Waals surface area contributed by atoms with E-state index in [4.69, 9.17) is 11.6 Å². The molecule has 0 bridgehead atoms. The smallest absolute Gasteiger partial charge is 0.323 e. The summed E-state index contributed by atoms with van der Waals surface area (Å²) < 4.78 is 74.9. The van der Waals surface area contributed by atoms with E-state index >= 15 is 4.39 Å². The molecule has 39 heavy (non-hydrogen) atoms. The van der Waals surface area contributed by atoms with Crippen LogP contribution in [-0.4, -0.2) is 57.7 Å². The summed E-state index contributed by atoms with van der Waals surface area (Å²) in [6.07, 6.45) is 7.78. The summed E-state index contributed by atoms with van der Waals surface area (Å²) in [6.45, 7) is -6.15.